The van der Waals surface area contributed by atoms with Crippen LogP contribution in [0.25, 0.3) is 10.9 Å². The maximum Gasteiger partial charge on any atom is 0.352 e. The molecule has 1 aromatic heterocycles. The van der Waals surface area contributed by atoms with Gasteiger partial charge in [-0.15, -0.1) is 0 Å². The standard InChI is InChI=1S/C14H16N2O3/c1-8(2)9-4-10-6-12(14(18)19)16(3)13(10)11(5-9)15-7-17/h4-8H,1-3H3,(H,15,17)(H,18,19). The molecule has 0 saturated carbocycles. The Balaban J connectivity index is 2.79. The number of hydrogen-bond acceptors (Lipinski definition) is 2. The fourth-order valence-electron chi connectivity index (χ4n) is 2.24. The molecule has 0 radical (unpaired) electrons. The molecular formula is C14H16N2O3. The van der Waals surface area contributed by atoms with Gasteiger partial charge in [-0.3, -0.25) is 4.79 Å². The molecule has 2 rings (SSSR count). The number of benzene rings is 1. The van der Waals surface area contributed by atoms with Crippen molar-refractivity contribution in [1.29, 1.82) is 0 Å². The number of aromatic carboxylic acids is 1. The summed E-state index contributed by atoms with van der Waals surface area (Å²) >= 11 is 0. The van der Waals surface area contributed by atoms with E-state index in [-0.39, 0.29) is 5.69 Å². The zero-order chi connectivity index (χ0) is 14.2. The highest BCUT2D eigenvalue weighted by atomic mass is 16.4. The van der Waals surface area contributed by atoms with Crippen molar-refractivity contribution >= 4 is 29.0 Å². The summed E-state index contributed by atoms with van der Waals surface area (Å²) in [6.45, 7) is 4.10. The number of aryl methyl sites for hydroxylation is 1. The van der Waals surface area contributed by atoms with Crippen LogP contribution in [0.2, 0.25) is 0 Å². The summed E-state index contributed by atoms with van der Waals surface area (Å²) in [5.74, 6) is -0.688. The Bertz CT molecular complexity index is 656. The zero-order valence-electron chi connectivity index (χ0n) is 11.1. The summed E-state index contributed by atoms with van der Waals surface area (Å²) in [6.07, 6.45) is 0.603. The van der Waals surface area contributed by atoms with Gasteiger partial charge < -0.3 is 15.0 Å². The van der Waals surface area contributed by atoms with Gasteiger partial charge in [-0.2, -0.15) is 0 Å². The second-order valence-corrected chi connectivity index (χ2v) is 4.82. The lowest BCUT2D eigenvalue weighted by Gasteiger charge is -2.11. The van der Waals surface area contributed by atoms with E-state index in [0.29, 0.717) is 23.5 Å². The van der Waals surface area contributed by atoms with Crippen LogP contribution in [0.4, 0.5) is 5.69 Å². The van der Waals surface area contributed by atoms with Gasteiger partial charge in [-0.1, -0.05) is 13.8 Å². The molecule has 0 unspecified atom stereocenters. The zero-order valence-corrected chi connectivity index (χ0v) is 11.1. The molecule has 1 heterocycles. The fraction of sp³-hybridized carbons (Fsp3) is 0.286. The number of rotatable bonds is 4. The molecule has 1 aromatic carbocycles. The van der Waals surface area contributed by atoms with Crippen molar-refractivity contribution in [1.82, 2.24) is 4.57 Å². The molecule has 0 atom stereocenters. The van der Waals surface area contributed by atoms with E-state index < -0.39 is 5.97 Å². The Hall–Kier alpha value is -2.30. The van der Waals surface area contributed by atoms with Gasteiger partial charge in [0.25, 0.3) is 0 Å². The lowest BCUT2D eigenvalue weighted by Crippen LogP contribution is -2.05. The van der Waals surface area contributed by atoms with Gasteiger partial charge in [0.2, 0.25) is 6.41 Å². The average Bonchev–Trinajstić information content (AvgIpc) is 2.67. The molecule has 0 fully saturated rings. The van der Waals surface area contributed by atoms with Gasteiger partial charge in [0, 0.05) is 12.4 Å². The van der Waals surface area contributed by atoms with Gasteiger partial charge in [0.05, 0.1) is 11.2 Å². The summed E-state index contributed by atoms with van der Waals surface area (Å²) in [4.78, 5) is 21.9. The van der Waals surface area contributed by atoms with Crippen LogP contribution in [0.15, 0.2) is 18.2 Å². The maximum atomic E-state index is 11.2. The van der Waals surface area contributed by atoms with Crippen molar-refractivity contribution in [2.24, 2.45) is 7.05 Å². The predicted molar refractivity (Wildman–Crippen MR) is 73.7 cm³/mol. The number of carbonyl (C=O) groups excluding carboxylic acids is 1. The molecule has 0 aliphatic carbocycles. The van der Waals surface area contributed by atoms with Gasteiger partial charge in [0.1, 0.15) is 5.69 Å². The van der Waals surface area contributed by atoms with E-state index in [1.165, 1.54) is 0 Å². The average molecular weight is 260 g/mol. The van der Waals surface area contributed by atoms with Crippen LogP contribution in [0, 0.1) is 0 Å². The molecule has 0 aliphatic heterocycles. The van der Waals surface area contributed by atoms with Gasteiger partial charge >= 0.3 is 5.97 Å². The third kappa shape index (κ3) is 2.19. The number of carboxylic acid groups (broad SMARTS) is 1. The lowest BCUT2D eigenvalue weighted by atomic mass is 10.0. The third-order valence-electron chi connectivity index (χ3n) is 3.25. The van der Waals surface area contributed by atoms with Crippen molar-refractivity contribution in [3.05, 3.63) is 29.5 Å². The van der Waals surface area contributed by atoms with Crippen molar-refractivity contribution in [3.8, 4) is 0 Å². The summed E-state index contributed by atoms with van der Waals surface area (Å²) < 4.78 is 1.58. The van der Waals surface area contributed by atoms with E-state index in [1.807, 2.05) is 26.0 Å². The molecule has 5 heteroatoms. The molecule has 0 bridgehead atoms. The van der Waals surface area contributed by atoms with Crippen molar-refractivity contribution < 1.29 is 14.7 Å². The molecular weight excluding hydrogens is 244 g/mol. The second-order valence-electron chi connectivity index (χ2n) is 4.82. The number of nitrogens with zero attached hydrogens (tertiary/aromatic N) is 1. The predicted octanol–water partition coefficient (Wildman–Crippen LogP) is 2.57. The van der Waals surface area contributed by atoms with Crippen LogP contribution in [0.5, 0.6) is 0 Å². The summed E-state index contributed by atoms with van der Waals surface area (Å²) in [7, 11) is 1.68. The third-order valence-corrected chi connectivity index (χ3v) is 3.25. The quantitative estimate of drug-likeness (QED) is 0.830. The molecule has 5 nitrogen and oxygen atoms in total. The van der Waals surface area contributed by atoms with Gasteiger partial charge in [-0.25, -0.2) is 4.79 Å². The molecule has 19 heavy (non-hydrogen) atoms. The van der Waals surface area contributed by atoms with E-state index in [4.69, 9.17) is 5.11 Å². The first-order valence-electron chi connectivity index (χ1n) is 6.02. The SMILES string of the molecule is CC(C)c1cc(NC=O)c2c(c1)cc(C(=O)O)n2C. The monoisotopic (exact) mass is 260 g/mol. The van der Waals surface area contributed by atoms with E-state index >= 15 is 0 Å². The first-order chi connectivity index (χ1) is 8.95. The van der Waals surface area contributed by atoms with Crippen LogP contribution in [-0.4, -0.2) is 22.1 Å². The van der Waals surface area contributed by atoms with Gasteiger partial charge in [-0.05, 0) is 29.7 Å². The first kappa shape index (κ1) is 13.1. The minimum atomic E-state index is -0.984. The first-order valence-corrected chi connectivity index (χ1v) is 6.02. The van der Waals surface area contributed by atoms with E-state index in [0.717, 1.165) is 10.9 Å². The molecule has 100 valence electrons. The van der Waals surface area contributed by atoms with E-state index in [2.05, 4.69) is 5.32 Å². The summed E-state index contributed by atoms with van der Waals surface area (Å²) in [5.41, 5.74) is 2.60. The van der Waals surface area contributed by atoms with Gasteiger partial charge in [0.15, 0.2) is 0 Å². The Morgan fingerprint density at radius 2 is 2.05 bits per heavy atom. The van der Waals surface area contributed by atoms with Crippen LogP contribution in [0.3, 0.4) is 0 Å². The van der Waals surface area contributed by atoms with Crippen LogP contribution in [-0.2, 0) is 11.8 Å². The Morgan fingerprint density at radius 1 is 1.37 bits per heavy atom. The topological polar surface area (TPSA) is 71.3 Å². The Labute approximate surface area is 110 Å². The largest absolute Gasteiger partial charge is 0.477 e. The highest BCUT2D eigenvalue weighted by Gasteiger charge is 2.16. The highest BCUT2D eigenvalue weighted by molar-refractivity contribution is 6.01. The molecule has 0 aliphatic rings. The number of carbonyl (C=O) groups is 2. The maximum absolute atomic E-state index is 11.2. The van der Waals surface area contributed by atoms with Crippen LogP contribution >= 0.6 is 0 Å². The Kier molecular flexibility index (Phi) is 3.29. The normalized spacial score (nSPS) is 10.9. The summed E-state index contributed by atoms with van der Waals surface area (Å²) in [5, 5.41) is 12.6. The fourth-order valence-corrected chi connectivity index (χ4v) is 2.24. The smallest absolute Gasteiger partial charge is 0.352 e. The van der Waals surface area contributed by atoms with Crippen molar-refractivity contribution in [2.75, 3.05) is 5.32 Å². The highest BCUT2D eigenvalue weighted by Crippen LogP contribution is 2.31. The van der Waals surface area contributed by atoms with Crippen molar-refractivity contribution in [3.63, 3.8) is 0 Å². The van der Waals surface area contributed by atoms with Crippen molar-refractivity contribution in [2.45, 2.75) is 19.8 Å². The number of fused-ring (bicyclic) bond motifs is 1. The minimum absolute atomic E-state index is 0.199. The number of nitrogens with one attached hydrogen (secondary N) is 1. The number of hydrogen-bond donors (Lipinski definition) is 2. The lowest BCUT2D eigenvalue weighted by molar-refractivity contribution is -0.105. The molecule has 2 aromatic rings. The number of amides is 1. The summed E-state index contributed by atoms with van der Waals surface area (Å²) in [6, 6.07) is 5.47. The number of aromatic nitrogens is 1. The van der Waals surface area contributed by atoms with Crippen LogP contribution in [0.1, 0.15) is 35.8 Å². The molecule has 0 spiro atoms. The van der Waals surface area contributed by atoms with E-state index in [9.17, 15) is 9.59 Å². The number of carboxylic acids is 1. The molecule has 2 N–H and O–H groups in total. The number of anilines is 1. The molecule has 1 amide bonds. The minimum Gasteiger partial charge on any atom is -0.477 e. The molecule has 0 saturated heterocycles. The second kappa shape index (κ2) is 4.76. The van der Waals surface area contributed by atoms with E-state index in [1.54, 1.807) is 17.7 Å². The Morgan fingerprint density at radius 3 is 2.58 bits per heavy atom. The van der Waals surface area contributed by atoms with Crippen LogP contribution < -0.4 is 5.32 Å².